The van der Waals surface area contributed by atoms with E-state index < -0.39 is 5.60 Å². The van der Waals surface area contributed by atoms with Gasteiger partial charge in [-0.2, -0.15) is 0 Å². The molecule has 0 saturated carbocycles. The van der Waals surface area contributed by atoms with Crippen LogP contribution in [-0.4, -0.2) is 37.5 Å². The number of hydrogen-bond donors (Lipinski definition) is 2. The maximum absolute atomic E-state index is 10.3. The Bertz CT molecular complexity index is 405. The summed E-state index contributed by atoms with van der Waals surface area (Å²) in [6.07, 6.45) is 1.45. The van der Waals surface area contributed by atoms with Gasteiger partial charge in [-0.15, -0.1) is 0 Å². The quantitative estimate of drug-likeness (QED) is 0.891. The third-order valence-corrected chi connectivity index (χ3v) is 3.79. The van der Waals surface area contributed by atoms with E-state index in [2.05, 4.69) is 21.2 Å². The standard InChI is InChI=1S/C13H18BrNO3/c1-17-10-2-3-12(11(14)8-10)18-9-13(16)4-6-15-7-5-13/h2-3,8,15-16H,4-7,9H2,1H3. The number of benzene rings is 1. The molecule has 0 atom stereocenters. The number of ether oxygens (including phenoxy) is 2. The van der Waals surface area contributed by atoms with Crippen molar-refractivity contribution in [3.05, 3.63) is 22.7 Å². The van der Waals surface area contributed by atoms with Crippen LogP contribution in [0.2, 0.25) is 0 Å². The number of halogens is 1. The highest BCUT2D eigenvalue weighted by atomic mass is 79.9. The Morgan fingerprint density at radius 1 is 1.39 bits per heavy atom. The summed E-state index contributed by atoms with van der Waals surface area (Å²) >= 11 is 3.43. The van der Waals surface area contributed by atoms with E-state index in [0.29, 0.717) is 6.61 Å². The first-order valence-electron chi connectivity index (χ1n) is 6.02. The second-order valence-electron chi connectivity index (χ2n) is 4.56. The first-order valence-corrected chi connectivity index (χ1v) is 6.82. The second-order valence-corrected chi connectivity index (χ2v) is 5.41. The van der Waals surface area contributed by atoms with E-state index in [4.69, 9.17) is 9.47 Å². The number of methoxy groups -OCH3 is 1. The average molecular weight is 316 g/mol. The predicted molar refractivity (Wildman–Crippen MR) is 73.2 cm³/mol. The van der Waals surface area contributed by atoms with Crippen molar-refractivity contribution < 1.29 is 14.6 Å². The first-order chi connectivity index (χ1) is 8.63. The third-order valence-electron chi connectivity index (χ3n) is 3.17. The molecular weight excluding hydrogens is 298 g/mol. The first kappa shape index (κ1) is 13.6. The summed E-state index contributed by atoms with van der Waals surface area (Å²) < 4.78 is 11.7. The van der Waals surface area contributed by atoms with Crippen LogP contribution in [0.5, 0.6) is 11.5 Å². The molecule has 1 saturated heterocycles. The second kappa shape index (κ2) is 5.91. The van der Waals surface area contributed by atoms with Crippen molar-refractivity contribution in [1.82, 2.24) is 5.32 Å². The van der Waals surface area contributed by atoms with E-state index in [0.717, 1.165) is 41.9 Å². The van der Waals surface area contributed by atoms with Crippen molar-refractivity contribution in [2.45, 2.75) is 18.4 Å². The molecule has 1 heterocycles. The zero-order chi connectivity index (χ0) is 13.0. The topological polar surface area (TPSA) is 50.7 Å². The fourth-order valence-corrected chi connectivity index (χ4v) is 2.45. The summed E-state index contributed by atoms with van der Waals surface area (Å²) in [6, 6.07) is 5.53. The SMILES string of the molecule is COc1ccc(OCC2(O)CCNCC2)c(Br)c1. The van der Waals surface area contributed by atoms with E-state index in [1.165, 1.54) is 0 Å². The van der Waals surface area contributed by atoms with E-state index in [1.807, 2.05) is 18.2 Å². The lowest BCUT2D eigenvalue weighted by molar-refractivity contribution is -0.0287. The predicted octanol–water partition coefficient (Wildman–Crippen LogP) is 1.95. The van der Waals surface area contributed by atoms with Gasteiger partial charge in [-0.3, -0.25) is 0 Å². The van der Waals surface area contributed by atoms with Crippen LogP contribution in [0.25, 0.3) is 0 Å². The van der Waals surface area contributed by atoms with Crippen LogP contribution in [-0.2, 0) is 0 Å². The molecule has 1 fully saturated rings. The van der Waals surface area contributed by atoms with E-state index in [9.17, 15) is 5.11 Å². The Hall–Kier alpha value is -0.780. The summed E-state index contributed by atoms with van der Waals surface area (Å²) in [5.74, 6) is 1.50. The number of hydrogen-bond acceptors (Lipinski definition) is 4. The van der Waals surface area contributed by atoms with E-state index >= 15 is 0 Å². The smallest absolute Gasteiger partial charge is 0.133 e. The summed E-state index contributed by atoms with van der Waals surface area (Å²) in [5, 5.41) is 13.5. The molecular formula is C13H18BrNO3. The molecule has 4 nitrogen and oxygen atoms in total. The van der Waals surface area contributed by atoms with E-state index in [1.54, 1.807) is 7.11 Å². The van der Waals surface area contributed by atoms with Gasteiger partial charge in [0.25, 0.3) is 0 Å². The minimum Gasteiger partial charge on any atom is -0.497 e. The Morgan fingerprint density at radius 2 is 2.11 bits per heavy atom. The highest BCUT2D eigenvalue weighted by molar-refractivity contribution is 9.10. The molecule has 2 rings (SSSR count). The monoisotopic (exact) mass is 315 g/mol. The van der Waals surface area contributed by atoms with Crippen molar-refractivity contribution in [3.8, 4) is 11.5 Å². The fourth-order valence-electron chi connectivity index (χ4n) is 1.97. The maximum Gasteiger partial charge on any atom is 0.133 e. The minimum atomic E-state index is -0.718. The van der Waals surface area contributed by atoms with Crippen molar-refractivity contribution in [2.24, 2.45) is 0 Å². The third kappa shape index (κ3) is 3.37. The van der Waals surface area contributed by atoms with Crippen LogP contribution >= 0.6 is 15.9 Å². The summed E-state index contributed by atoms with van der Waals surface area (Å²) in [4.78, 5) is 0. The van der Waals surface area contributed by atoms with Gasteiger partial charge in [0, 0.05) is 0 Å². The van der Waals surface area contributed by atoms with Gasteiger partial charge in [0.1, 0.15) is 23.7 Å². The Balaban J connectivity index is 1.97. The number of nitrogens with one attached hydrogen (secondary N) is 1. The molecule has 0 unspecified atom stereocenters. The number of aliphatic hydroxyl groups is 1. The number of piperidine rings is 1. The van der Waals surface area contributed by atoms with Gasteiger partial charge >= 0.3 is 0 Å². The molecule has 18 heavy (non-hydrogen) atoms. The lowest BCUT2D eigenvalue weighted by Gasteiger charge is -2.32. The Morgan fingerprint density at radius 3 is 2.72 bits per heavy atom. The Labute approximate surface area is 115 Å². The molecule has 0 bridgehead atoms. The largest absolute Gasteiger partial charge is 0.497 e. The van der Waals surface area contributed by atoms with Crippen molar-refractivity contribution in [3.63, 3.8) is 0 Å². The van der Waals surface area contributed by atoms with Gasteiger partial charge in [-0.25, -0.2) is 0 Å². The average Bonchev–Trinajstić information content (AvgIpc) is 2.38. The molecule has 0 amide bonds. The van der Waals surface area contributed by atoms with Crippen LogP contribution < -0.4 is 14.8 Å². The van der Waals surface area contributed by atoms with Crippen molar-refractivity contribution in [1.29, 1.82) is 0 Å². The molecule has 100 valence electrons. The minimum absolute atomic E-state index is 0.319. The zero-order valence-corrected chi connectivity index (χ0v) is 12.0. The lowest BCUT2D eigenvalue weighted by atomic mass is 9.93. The molecule has 0 aliphatic carbocycles. The summed E-state index contributed by atoms with van der Waals surface area (Å²) in [6.45, 7) is 1.99. The van der Waals surface area contributed by atoms with Crippen LogP contribution in [0.3, 0.4) is 0 Å². The fraction of sp³-hybridized carbons (Fsp3) is 0.538. The highest BCUT2D eigenvalue weighted by Gasteiger charge is 2.30. The van der Waals surface area contributed by atoms with Crippen molar-refractivity contribution >= 4 is 15.9 Å². The maximum atomic E-state index is 10.3. The highest BCUT2D eigenvalue weighted by Crippen LogP contribution is 2.30. The van der Waals surface area contributed by atoms with E-state index in [-0.39, 0.29) is 0 Å². The molecule has 1 aromatic rings. The lowest BCUT2D eigenvalue weighted by Crippen LogP contribution is -2.46. The Kier molecular flexibility index (Phi) is 4.48. The molecule has 1 aromatic carbocycles. The van der Waals surface area contributed by atoms with Gasteiger partial charge in [-0.1, -0.05) is 0 Å². The van der Waals surface area contributed by atoms with Crippen LogP contribution in [0.1, 0.15) is 12.8 Å². The molecule has 0 aromatic heterocycles. The molecule has 1 aliphatic rings. The molecule has 0 spiro atoms. The summed E-state index contributed by atoms with van der Waals surface area (Å²) in [7, 11) is 1.63. The van der Waals surface area contributed by atoms with Crippen LogP contribution in [0.4, 0.5) is 0 Å². The van der Waals surface area contributed by atoms with Gasteiger partial charge in [0.05, 0.1) is 11.6 Å². The zero-order valence-electron chi connectivity index (χ0n) is 10.4. The molecule has 2 N–H and O–H groups in total. The number of rotatable bonds is 4. The van der Waals surface area contributed by atoms with Gasteiger partial charge in [0.2, 0.25) is 0 Å². The van der Waals surface area contributed by atoms with Gasteiger partial charge in [-0.05, 0) is 60.1 Å². The summed E-state index contributed by atoms with van der Waals surface area (Å²) in [5.41, 5.74) is -0.718. The molecule has 0 radical (unpaired) electrons. The van der Waals surface area contributed by atoms with Crippen molar-refractivity contribution in [2.75, 3.05) is 26.8 Å². The molecule has 5 heteroatoms. The molecule has 1 aliphatic heterocycles. The van der Waals surface area contributed by atoms with Gasteiger partial charge in [0.15, 0.2) is 0 Å². The normalized spacial score (nSPS) is 18.4. The van der Waals surface area contributed by atoms with Gasteiger partial charge < -0.3 is 19.9 Å². The van der Waals surface area contributed by atoms with Crippen LogP contribution in [0.15, 0.2) is 22.7 Å². The van der Waals surface area contributed by atoms with Crippen LogP contribution in [0, 0.1) is 0 Å².